The lowest BCUT2D eigenvalue weighted by Gasteiger charge is -2.09. The largest absolute Gasteiger partial charge is 0.493 e. The van der Waals surface area contributed by atoms with Crippen LogP contribution < -0.4 is 4.74 Å². The quantitative estimate of drug-likeness (QED) is 0.390. The van der Waals surface area contributed by atoms with Gasteiger partial charge in [-0.05, 0) is 49.4 Å². The van der Waals surface area contributed by atoms with Crippen molar-refractivity contribution >= 4 is 17.6 Å². The van der Waals surface area contributed by atoms with Gasteiger partial charge in [-0.1, -0.05) is 44.7 Å². The highest BCUT2D eigenvalue weighted by molar-refractivity contribution is 6.30. The van der Waals surface area contributed by atoms with Crippen LogP contribution in [0.25, 0.3) is 0 Å². The zero-order valence-electron chi connectivity index (χ0n) is 14.6. The molecule has 0 spiro atoms. The Kier molecular flexibility index (Phi) is 9.77. The normalized spacial score (nSPS) is 10.8. The molecule has 0 N–H and O–H groups in total. The first-order valence-corrected chi connectivity index (χ1v) is 8.91. The molecule has 0 saturated carbocycles. The van der Waals surface area contributed by atoms with Crippen LogP contribution in [0.1, 0.15) is 57.9 Å². The average Bonchev–Trinajstić information content (AvgIpc) is 2.48. The van der Waals surface area contributed by atoms with E-state index in [1.165, 1.54) is 12.8 Å². The van der Waals surface area contributed by atoms with Crippen molar-refractivity contribution in [2.24, 2.45) is 5.92 Å². The van der Waals surface area contributed by atoms with Crippen molar-refractivity contribution in [2.75, 3.05) is 13.2 Å². The van der Waals surface area contributed by atoms with Gasteiger partial charge >= 0.3 is 5.97 Å². The summed E-state index contributed by atoms with van der Waals surface area (Å²) in [6, 6.07) is 5.52. The summed E-state index contributed by atoms with van der Waals surface area (Å²) in [6.45, 7) is 7.45. The third kappa shape index (κ3) is 9.50. The van der Waals surface area contributed by atoms with E-state index in [2.05, 4.69) is 13.8 Å². The number of benzene rings is 1. The molecule has 0 saturated heterocycles. The molecule has 0 atom stereocenters. The lowest BCUT2D eigenvalue weighted by Crippen LogP contribution is -2.08. The molecule has 0 fully saturated rings. The maximum absolute atomic E-state index is 11.6. The minimum absolute atomic E-state index is 0.134. The van der Waals surface area contributed by atoms with E-state index < -0.39 is 0 Å². The highest BCUT2D eigenvalue weighted by Crippen LogP contribution is 2.21. The van der Waals surface area contributed by atoms with Gasteiger partial charge in [-0.2, -0.15) is 0 Å². The van der Waals surface area contributed by atoms with E-state index in [9.17, 15) is 4.79 Å². The van der Waals surface area contributed by atoms with Crippen LogP contribution in [0, 0.1) is 12.8 Å². The molecule has 1 rings (SSSR count). The summed E-state index contributed by atoms with van der Waals surface area (Å²) < 4.78 is 10.9. The van der Waals surface area contributed by atoms with Crippen molar-refractivity contribution in [3.63, 3.8) is 0 Å². The van der Waals surface area contributed by atoms with E-state index in [1.54, 1.807) is 6.07 Å². The van der Waals surface area contributed by atoms with Crippen LogP contribution in [-0.4, -0.2) is 19.2 Å². The number of ether oxygens (including phenoxy) is 2. The second-order valence-corrected chi connectivity index (χ2v) is 6.76. The number of carbonyl (C=O) groups is 1. The van der Waals surface area contributed by atoms with Crippen molar-refractivity contribution < 1.29 is 14.3 Å². The Morgan fingerprint density at radius 1 is 1.13 bits per heavy atom. The van der Waals surface area contributed by atoms with Gasteiger partial charge in [-0.3, -0.25) is 4.79 Å². The van der Waals surface area contributed by atoms with Gasteiger partial charge in [0.05, 0.1) is 13.2 Å². The molecule has 0 aliphatic heterocycles. The maximum Gasteiger partial charge on any atom is 0.305 e. The van der Waals surface area contributed by atoms with Gasteiger partial charge in [0.1, 0.15) is 5.75 Å². The molecule has 130 valence electrons. The number of hydrogen-bond acceptors (Lipinski definition) is 3. The SMILES string of the molecule is Cc1cc(Cl)ccc1OCCCC(=O)OCCCCCC(C)C. The van der Waals surface area contributed by atoms with Gasteiger partial charge in [0.25, 0.3) is 0 Å². The van der Waals surface area contributed by atoms with Crippen LogP contribution in [-0.2, 0) is 9.53 Å². The van der Waals surface area contributed by atoms with Crippen molar-refractivity contribution in [2.45, 2.75) is 59.3 Å². The van der Waals surface area contributed by atoms with Crippen molar-refractivity contribution in [1.82, 2.24) is 0 Å². The molecule has 3 nitrogen and oxygen atoms in total. The highest BCUT2D eigenvalue weighted by atomic mass is 35.5. The first-order valence-electron chi connectivity index (χ1n) is 8.53. The van der Waals surface area contributed by atoms with E-state index >= 15 is 0 Å². The Morgan fingerprint density at radius 2 is 1.91 bits per heavy atom. The molecule has 0 heterocycles. The Morgan fingerprint density at radius 3 is 2.61 bits per heavy atom. The van der Waals surface area contributed by atoms with E-state index in [0.717, 1.165) is 30.1 Å². The van der Waals surface area contributed by atoms with Gasteiger partial charge in [0.15, 0.2) is 0 Å². The van der Waals surface area contributed by atoms with Crippen LogP contribution in [0.3, 0.4) is 0 Å². The molecular weight excluding hydrogens is 312 g/mol. The molecule has 0 bridgehead atoms. The smallest absolute Gasteiger partial charge is 0.305 e. The molecule has 0 unspecified atom stereocenters. The van der Waals surface area contributed by atoms with Crippen LogP contribution in [0.5, 0.6) is 5.75 Å². The number of rotatable bonds is 11. The second-order valence-electron chi connectivity index (χ2n) is 6.33. The maximum atomic E-state index is 11.6. The highest BCUT2D eigenvalue weighted by Gasteiger charge is 2.04. The number of aryl methyl sites for hydroxylation is 1. The predicted octanol–water partition coefficient (Wildman–Crippen LogP) is 5.57. The Balaban J connectivity index is 2.03. The van der Waals surface area contributed by atoms with Gasteiger partial charge in [-0.25, -0.2) is 0 Å². The van der Waals surface area contributed by atoms with Crippen LogP contribution in [0.4, 0.5) is 0 Å². The lowest BCUT2D eigenvalue weighted by molar-refractivity contribution is -0.144. The molecule has 1 aromatic carbocycles. The van der Waals surface area contributed by atoms with Gasteiger partial charge in [0, 0.05) is 11.4 Å². The summed E-state index contributed by atoms with van der Waals surface area (Å²) in [7, 11) is 0. The molecule has 4 heteroatoms. The van der Waals surface area contributed by atoms with Gasteiger partial charge < -0.3 is 9.47 Å². The Labute approximate surface area is 145 Å². The fourth-order valence-corrected chi connectivity index (χ4v) is 2.49. The summed E-state index contributed by atoms with van der Waals surface area (Å²) in [5.41, 5.74) is 1.00. The molecule has 23 heavy (non-hydrogen) atoms. The molecule has 0 aromatic heterocycles. The van der Waals surface area contributed by atoms with E-state index in [1.807, 2.05) is 19.1 Å². The number of carbonyl (C=O) groups excluding carboxylic acids is 1. The number of esters is 1. The molecule has 1 aromatic rings. The van der Waals surface area contributed by atoms with E-state index in [-0.39, 0.29) is 5.97 Å². The van der Waals surface area contributed by atoms with Crippen LogP contribution >= 0.6 is 11.6 Å². The zero-order valence-corrected chi connectivity index (χ0v) is 15.3. The molecular formula is C19H29ClO3. The first-order chi connectivity index (χ1) is 11.0. The third-order valence-corrected chi connectivity index (χ3v) is 3.84. The number of unbranched alkanes of at least 4 members (excludes halogenated alkanes) is 2. The minimum atomic E-state index is -0.134. The summed E-state index contributed by atoms with van der Waals surface area (Å²) in [4.78, 5) is 11.6. The first kappa shape index (κ1) is 19.8. The average molecular weight is 341 g/mol. The van der Waals surface area contributed by atoms with Crippen LogP contribution in [0.15, 0.2) is 18.2 Å². The van der Waals surface area contributed by atoms with Gasteiger partial charge in [-0.15, -0.1) is 0 Å². The fraction of sp³-hybridized carbons (Fsp3) is 0.632. The summed E-state index contributed by atoms with van der Waals surface area (Å²) in [5, 5.41) is 0.701. The summed E-state index contributed by atoms with van der Waals surface area (Å²) in [6.07, 6.45) is 5.61. The summed E-state index contributed by atoms with van der Waals surface area (Å²) >= 11 is 5.90. The van der Waals surface area contributed by atoms with E-state index in [0.29, 0.717) is 31.1 Å². The monoisotopic (exact) mass is 340 g/mol. The molecule has 0 aliphatic rings. The minimum Gasteiger partial charge on any atom is -0.493 e. The van der Waals surface area contributed by atoms with Crippen molar-refractivity contribution in [1.29, 1.82) is 0 Å². The van der Waals surface area contributed by atoms with E-state index in [4.69, 9.17) is 21.1 Å². The Bertz CT molecular complexity index is 472. The fourth-order valence-electron chi connectivity index (χ4n) is 2.26. The molecule has 0 aliphatic carbocycles. The predicted molar refractivity (Wildman–Crippen MR) is 95.2 cm³/mol. The van der Waals surface area contributed by atoms with Gasteiger partial charge in [0.2, 0.25) is 0 Å². The van der Waals surface area contributed by atoms with Crippen molar-refractivity contribution in [3.8, 4) is 5.75 Å². The summed E-state index contributed by atoms with van der Waals surface area (Å²) in [5.74, 6) is 1.43. The van der Waals surface area contributed by atoms with Crippen LogP contribution in [0.2, 0.25) is 5.02 Å². The number of halogens is 1. The topological polar surface area (TPSA) is 35.5 Å². The zero-order chi connectivity index (χ0) is 17.1. The third-order valence-electron chi connectivity index (χ3n) is 3.61. The number of hydrogen-bond donors (Lipinski definition) is 0. The van der Waals surface area contributed by atoms with Crippen molar-refractivity contribution in [3.05, 3.63) is 28.8 Å². The lowest BCUT2D eigenvalue weighted by atomic mass is 10.1. The Hall–Kier alpha value is -1.22. The molecule has 0 radical (unpaired) electrons. The molecule has 0 amide bonds. The second kappa shape index (κ2) is 11.3. The standard InChI is InChI=1S/C19H29ClO3/c1-15(2)8-5-4-6-12-23-19(21)9-7-13-22-18-11-10-17(20)14-16(18)3/h10-11,14-15H,4-9,12-13H2,1-3H3.